The van der Waals surface area contributed by atoms with Crippen LogP contribution < -0.4 is 10.6 Å². The molecule has 1 aromatic heterocycles. The van der Waals surface area contributed by atoms with E-state index < -0.39 is 23.1 Å². The Morgan fingerprint density at radius 3 is 2.56 bits per heavy atom. The van der Waals surface area contributed by atoms with Gasteiger partial charge in [0.2, 0.25) is 5.95 Å². The molecule has 9 heteroatoms. The largest absolute Gasteiger partial charge is 0.444 e. The Labute approximate surface area is 166 Å². The molecule has 0 atom stereocenters. The normalized spacial score (nSPS) is 11.8. The molecule has 0 spiro atoms. The van der Waals surface area contributed by atoms with Crippen LogP contribution in [0.3, 0.4) is 0 Å². The average Bonchev–Trinajstić information content (AvgIpc) is 2.91. The van der Waals surface area contributed by atoms with E-state index in [1.807, 2.05) is 24.3 Å². The third-order valence-corrected chi connectivity index (χ3v) is 3.87. The van der Waals surface area contributed by atoms with Crippen LogP contribution in [-0.2, 0) is 16.1 Å². The summed E-state index contributed by atoms with van der Waals surface area (Å²) in [6.07, 6.45) is 0.862. The number of rotatable bonds is 5. The van der Waals surface area contributed by atoms with Gasteiger partial charge in [0, 0.05) is 4.47 Å². The lowest BCUT2D eigenvalue weighted by molar-refractivity contribution is -0.121. The van der Waals surface area contributed by atoms with Crippen molar-refractivity contribution in [2.45, 2.75) is 52.3 Å². The molecule has 0 fully saturated rings. The summed E-state index contributed by atoms with van der Waals surface area (Å²) in [5.41, 5.74) is -0.805. The van der Waals surface area contributed by atoms with Crippen LogP contribution in [0.4, 0.5) is 10.7 Å². The van der Waals surface area contributed by atoms with Gasteiger partial charge in [-0.1, -0.05) is 28.1 Å². The first-order valence-electron chi connectivity index (χ1n) is 8.41. The van der Waals surface area contributed by atoms with Crippen molar-refractivity contribution in [3.05, 3.63) is 40.6 Å². The number of hydrogen-bond acceptors (Lipinski definition) is 5. The van der Waals surface area contributed by atoms with Gasteiger partial charge in [-0.3, -0.25) is 10.1 Å². The number of nitrogens with one attached hydrogen (secondary N) is 2. The SMILES string of the molecule is CC(C)(C)OC(=O)NC(C)(C)C(=O)Nc1ncn(Cc2cccc(Br)c2)n1. The van der Waals surface area contributed by atoms with Crippen LogP contribution in [0.2, 0.25) is 0 Å². The first kappa shape index (κ1) is 20.9. The molecule has 0 saturated heterocycles. The highest BCUT2D eigenvalue weighted by Crippen LogP contribution is 2.14. The Morgan fingerprint density at radius 1 is 1.22 bits per heavy atom. The quantitative estimate of drug-likeness (QED) is 0.747. The van der Waals surface area contributed by atoms with E-state index in [1.165, 1.54) is 6.33 Å². The van der Waals surface area contributed by atoms with Crippen LogP contribution in [-0.4, -0.2) is 37.9 Å². The molecule has 1 aromatic carbocycles. The van der Waals surface area contributed by atoms with Crippen molar-refractivity contribution in [3.63, 3.8) is 0 Å². The van der Waals surface area contributed by atoms with Crippen LogP contribution in [0.5, 0.6) is 0 Å². The molecule has 1 heterocycles. The molecule has 2 amide bonds. The minimum atomic E-state index is -1.20. The zero-order valence-corrected chi connectivity index (χ0v) is 17.6. The Balaban J connectivity index is 1.97. The number of carbonyl (C=O) groups excluding carboxylic acids is 2. The maximum absolute atomic E-state index is 12.5. The predicted molar refractivity (Wildman–Crippen MR) is 105 cm³/mol. The molecule has 2 rings (SSSR count). The molecule has 0 aliphatic carbocycles. The number of carbonyl (C=O) groups is 2. The fraction of sp³-hybridized carbons (Fsp3) is 0.444. The van der Waals surface area contributed by atoms with Gasteiger partial charge in [-0.05, 0) is 52.3 Å². The summed E-state index contributed by atoms with van der Waals surface area (Å²) in [5, 5.41) is 9.39. The van der Waals surface area contributed by atoms with E-state index in [9.17, 15) is 9.59 Å². The molecule has 2 N–H and O–H groups in total. The first-order chi connectivity index (χ1) is 12.4. The predicted octanol–water partition coefficient (Wildman–Crippen LogP) is 3.33. The van der Waals surface area contributed by atoms with E-state index in [0.717, 1.165) is 10.0 Å². The van der Waals surface area contributed by atoms with Gasteiger partial charge < -0.3 is 10.1 Å². The molecular weight excluding hydrogens is 414 g/mol. The molecule has 8 nitrogen and oxygen atoms in total. The van der Waals surface area contributed by atoms with Gasteiger partial charge in [-0.15, -0.1) is 5.10 Å². The second-order valence-electron chi connectivity index (χ2n) is 7.60. The Hall–Kier alpha value is -2.42. The third kappa shape index (κ3) is 6.67. The Morgan fingerprint density at radius 2 is 1.93 bits per heavy atom. The van der Waals surface area contributed by atoms with Crippen LogP contribution in [0.15, 0.2) is 35.1 Å². The van der Waals surface area contributed by atoms with E-state index in [2.05, 4.69) is 36.6 Å². The summed E-state index contributed by atoms with van der Waals surface area (Å²) in [6.45, 7) is 8.92. The van der Waals surface area contributed by atoms with Gasteiger partial charge in [0.05, 0.1) is 6.54 Å². The number of amides is 2. The summed E-state index contributed by atoms with van der Waals surface area (Å²) < 4.78 is 7.78. The second-order valence-corrected chi connectivity index (χ2v) is 8.52. The van der Waals surface area contributed by atoms with Crippen molar-refractivity contribution in [1.29, 1.82) is 0 Å². The van der Waals surface area contributed by atoms with Crippen molar-refractivity contribution in [2.24, 2.45) is 0 Å². The standard InChI is InChI=1S/C18H24BrN5O3/c1-17(2,3)27-16(26)22-18(4,5)14(25)21-15-20-11-24(23-15)10-12-7-6-8-13(19)9-12/h6-9,11H,10H2,1-5H3,(H,22,26)(H,21,23,25). The highest BCUT2D eigenvalue weighted by Gasteiger charge is 2.32. The molecule has 0 aliphatic rings. The van der Waals surface area contributed by atoms with Crippen LogP contribution in [0, 0.1) is 0 Å². The zero-order chi connectivity index (χ0) is 20.2. The summed E-state index contributed by atoms with van der Waals surface area (Å²) >= 11 is 3.43. The van der Waals surface area contributed by atoms with E-state index in [-0.39, 0.29) is 5.95 Å². The van der Waals surface area contributed by atoms with Crippen LogP contribution in [0.1, 0.15) is 40.2 Å². The van der Waals surface area contributed by atoms with Crippen LogP contribution in [0.25, 0.3) is 0 Å². The number of alkyl carbamates (subject to hydrolysis) is 1. The molecular formula is C18H24BrN5O3. The van der Waals surface area contributed by atoms with Gasteiger partial charge in [0.1, 0.15) is 17.5 Å². The monoisotopic (exact) mass is 437 g/mol. The molecule has 0 radical (unpaired) electrons. The maximum atomic E-state index is 12.5. The molecule has 0 bridgehead atoms. The topological polar surface area (TPSA) is 98.1 Å². The fourth-order valence-electron chi connectivity index (χ4n) is 2.12. The van der Waals surface area contributed by atoms with Crippen molar-refractivity contribution >= 4 is 33.9 Å². The number of ether oxygens (including phenoxy) is 1. The Bertz CT molecular complexity index is 826. The minimum Gasteiger partial charge on any atom is -0.444 e. The minimum absolute atomic E-state index is 0.161. The molecule has 27 heavy (non-hydrogen) atoms. The fourth-order valence-corrected chi connectivity index (χ4v) is 2.57. The van der Waals surface area contributed by atoms with Crippen LogP contribution >= 0.6 is 15.9 Å². The summed E-state index contributed by atoms with van der Waals surface area (Å²) in [5.74, 6) is -0.289. The third-order valence-electron chi connectivity index (χ3n) is 3.38. The molecule has 2 aromatic rings. The summed E-state index contributed by atoms with van der Waals surface area (Å²) in [7, 11) is 0. The van der Waals surface area contributed by atoms with E-state index >= 15 is 0 Å². The molecule has 0 unspecified atom stereocenters. The van der Waals surface area contributed by atoms with Gasteiger partial charge in [0.25, 0.3) is 5.91 Å². The molecule has 146 valence electrons. The second kappa shape index (κ2) is 8.08. The molecule has 0 saturated carbocycles. The lowest BCUT2D eigenvalue weighted by atomic mass is 10.1. The van der Waals surface area contributed by atoms with Gasteiger partial charge in [-0.2, -0.15) is 0 Å². The summed E-state index contributed by atoms with van der Waals surface area (Å²) in [6, 6.07) is 7.83. The first-order valence-corrected chi connectivity index (χ1v) is 9.20. The van der Waals surface area contributed by atoms with Crippen molar-refractivity contribution in [2.75, 3.05) is 5.32 Å². The van der Waals surface area contributed by atoms with Gasteiger partial charge in [0.15, 0.2) is 0 Å². The van der Waals surface area contributed by atoms with Gasteiger partial charge >= 0.3 is 6.09 Å². The number of halogens is 1. The van der Waals surface area contributed by atoms with Crippen molar-refractivity contribution in [3.8, 4) is 0 Å². The van der Waals surface area contributed by atoms with E-state index in [1.54, 1.807) is 39.3 Å². The lowest BCUT2D eigenvalue weighted by Gasteiger charge is -2.27. The Kier molecular flexibility index (Phi) is 6.25. The summed E-state index contributed by atoms with van der Waals surface area (Å²) in [4.78, 5) is 28.5. The van der Waals surface area contributed by atoms with Crippen molar-refractivity contribution in [1.82, 2.24) is 20.1 Å². The highest BCUT2D eigenvalue weighted by atomic mass is 79.9. The van der Waals surface area contributed by atoms with Crippen molar-refractivity contribution < 1.29 is 14.3 Å². The van der Waals surface area contributed by atoms with Gasteiger partial charge in [-0.25, -0.2) is 14.5 Å². The number of anilines is 1. The lowest BCUT2D eigenvalue weighted by Crippen LogP contribution is -2.53. The smallest absolute Gasteiger partial charge is 0.408 e. The van der Waals surface area contributed by atoms with E-state index in [4.69, 9.17) is 4.74 Å². The maximum Gasteiger partial charge on any atom is 0.408 e. The van der Waals surface area contributed by atoms with E-state index in [0.29, 0.717) is 6.54 Å². The number of aromatic nitrogens is 3. The number of benzene rings is 1. The number of hydrogen-bond donors (Lipinski definition) is 2. The highest BCUT2D eigenvalue weighted by molar-refractivity contribution is 9.10. The average molecular weight is 438 g/mol. The zero-order valence-electron chi connectivity index (χ0n) is 16.0. The molecule has 0 aliphatic heterocycles. The number of nitrogens with zero attached hydrogens (tertiary/aromatic N) is 3.